The van der Waals surface area contributed by atoms with Crippen molar-refractivity contribution >= 4 is 29.4 Å². The molecule has 2 heterocycles. The van der Waals surface area contributed by atoms with Crippen LogP contribution in [0.1, 0.15) is 37.7 Å². The topological polar surface area (TPSA) is 90.0 Å². The van der Waals surface area contributed by atoms with E-state index in [1.807, 2.05) is 12.1 Å². The van der Waals surface area contributed by atoms with Gasteiger partial charge in [0.25, 0.3) is 5.92 Å². The van der Waals surface area contributed by atoms with Gasteiger partial charge in [0.15, 0.2) is 5.78 Å². The Morgan fingerprint density at radius 3 is 2.33 bits per heavy atom. The monoisotopic (exact) mass is 483 g/mol. The van der Waals surface area contributed by atoms with Crippen LogP contribution in [0.2, 0.25) is 5.02 Å². The fourth-order valence-corrected chi connectivity index (χ4v) is 5.59. The number of rotatable bonds is 6. The van der Waals surface area contributed by atoms with Crippen LogP contribution < -0.4 is 5.32 Å². The first-order valence-corrected chi connectivity index (χ1v) is 11.7. The second-order valence-corrected chi connectivity index (χ2v) is 9.60. The number of carbonyl (C=O) groups excluding carboxylic acids is 2. The maximum Gasteiger partial charge on any atom is 0.408 e. The third-order valence-electron chi connectivity index (χ3n) is 7.35. The molecule has 2 amide bonds. The predicted molar refractivity (Wildman–Crippen MR) is 118 cm³/mol. The number of piperidine rings is 1. The zero-order valence-corrected chi connectivity index (χ0v) is 19.2. The Morgan fingerprint density at radius 1 is 1.21 bits per heavy atom. The fourth-order valence-electron chi connectivity index (χ4n) is 5.47. The fraction of sp³-hybridized carbons (Fsp3) is 0.609. The van der Waals surface area contributed by atoms with Crippen LogP contribution >= 0.6 is 11.6 Å². The molecule has 33 heavy (non-hydrogen) atoms. The van der Waals surface area contributed by atoms with E-state index in [0.717, 1.165) is 5.56 Å². The molecule has 0 aromatic heterocycles. The number of carboxylic acid groups (broad SMARTS) is 1. The zero-order chi connectivity index (χ0) is 24.0. The molecule has 2 N–H and O–H groups in total. The largest absolute Gasteiger partial charge is 0.465 e. The average molecular weight is 484 g/mol. The normalized spacial score (nSPS) is 29.0. The molecule has 0 bridgehead atoms. The lowest BCUT2D eigenvalue weighted by atomic mass is 9.71. The Labute approximate surface area is 196 Å². The summed E-state index contributed by atoms with van der Waals surface area (Å²) < 4.78 is 26.6. The maximum absolute atomic E-state index is 14.0. The van der Waals surface area contributed by atoms with E-state index in [0.29, 0.717) is 24.4 Å². The molecule has 3 aliphatic rings. The Kier molecular flexibility index (Phi) is 6.39. The summed E-state index contributed by atoms with van der Waals surface area (Å²) in [5, 5.41) is 13.8. The standard InChI is InChI=1S/C23H28ClF2N3O4/c1-2-29(21(32)33)22(13-27-12-18(22)14-3-5-16(24)6-4-14)19(30)15-7-9-28(10-8-15)20(31)17-11-23(17,25)26/h3-6,15,17-18,27H,2,7-13H2,1H3,(H,32,33)/t17?,18-,22+/m0/s1. The molecule has 1 saturated carbocycles. The molecular formula is C23H28ClF2N3O4. The van der Waals surface area contributed by atoms with Crippen molar-refractivity contribution in [3.05, 3.63) is 34.9 Å². The molecule has 0 spiro atoms. The number of hydrogen-bond acceptors (Lipinski definition) is 4. The minimum absolute atomic E-state index is 0.140. The highest BCUT2D eigenvalue weighted by molar-refractivity contribution is 6.30. The third kappa shape index (κ3) is 4.21. The number of likely N-dealkylation sites (N-methyl/N-ethyl adjacent to an activating group) is 1. The summed E-state index contributed by atoms with van der Waals surface area (Å²) in [4.78, 5) is 41.2. The van der Waals surface area contributed by atoms with Crippen LogP contribution in [0.3, 0.4) is 0 Å². The van der Waals surface area contributed by atoms with Gasteiger partial charge in [0.05, 0.1) is 0 Å². The summed E-state index contributed by atoms with van der Waals surface area (Å²) >= 11 is 6.03. The smallest absolute Gasteiger partial charge is 0.408 e. The third-order valence-corrected chi connectivity index (χ3v) is 7.60. The molecule has 2 aliphatic heterocycles. The highest BCUT2D eigenvalue weighted by atomic mass is 35.5. The first kappa shape index (κ1) is 23.9. The van der Waals surface area contributed by atoms with Gasteiger partial charge in [-0.25, -0.2) is 13.6 Å². The first-order chi connectivity index (χ1) is 15.6. The van der Waals surface area contributed by atoms with Crippen LogP contribution in [-0.2, 0) is 9.59 Å². The molecule has 4 rings (SSSR count). The molecule has 2 saturated heterocycles. The number of ketones is 1. The van der Waals surface area contributed by atoms with Crippen LogP contribution in [0.25, 0.3) is 0 Å². The van der Waals surface area contributed by atoms with E-state index in [1.165, 1.54) is 9.80 Å². The number of carbonyl (C=O) groups is 3. The van der Waals surface area contributed by atoms with Crippen molar-refractivity contribution in [3.63, 3.8) is 0 Å². The number of nitrogens with zero attached hydrogens (tertiary/aromatic N) is 2. The van der Waals surface area contributed by atoms with E-state index in [-0.39, 0.29) is 32.0 Å². The van der Waals surface area contributed by atoms with Crippen LogP contribution in [0, 0.1) is 11.8 Å². The first-order valence-electron chi connectivity index (χ1n) is 11.3. The van der Waals surface area contributed by atoms with E-state index < -0.39 is 47.6 Å². The molecule has 0 radical (unpaired) electrons. The Balaban J connectivity index is 1.58. The number of benzene rings is 1. The van der Waals surface area contributed by atoms with Crippen molar-refractivity contribution in [2.45, 2.75) is 43.6 Å². The summed E-state index contributed by atoms with van der Waals surface area (Å²) in [6.07, 6.45) is -0.923. The molecule has 1 aliphatic carbocycles. The van der Waals surface area contributed by atoms with Crippen molar-refractivity contribution < 1.29 is 28.3 Å². The summed E-state index contributed by atoms with van der Waals surface area (Å²) in [6, 6.07) is 7.07. The van der Waals surface area contributed by atoms with Crippen LogP contribution in [0.5, 0.6) is 0 Å². The maximum atomic E-state index is 14.0. The quantitative estimate of drug-likeness (QED) is 0.648. The van der Waals surface area contributed by atoms with Gasteiger partial charge in [-0.15, -0.1) is 0 Å². The molecular weight excluding hydrogens is 456 g/mol. The lowest BCUT2D eigenvalue weighted by molar-refractivity contribution is -0.141. The van der Waals surface area contributed by atoms with Gasteiger partial charge in [0.2, 0.25) is 5.91 Å². The van der Waals surface area contributed by atoms with E-state index in [4.69, 9.17) is 11.6 Å². The highest BCUT2D eigenvalue weighted by Crippen LogP contribution is 2.50. The van der Waals surface area contributed by atoms with Gasteiger partial charge in [-0.05, 0) is 37.5 Å². The van der Waals surface area contributed by atoms with Gasteiger partial charge in [0, 0.05) is 56.0 Å². The molecule has 1 aromatic rings. The van der Waals surface area contributed by atoms with E-state index in [9.17, 15) is 28.3 Å². The van der Waals surface area contributed by atoms with Crippen molar-refractivity contribution in [2.75, 3.05) is 32.7 Å². The van der Waals surface area contributed by atoms with E-state index >= 15 is 0 Å². The Bertz CT molecular complexity index is 936. The van der Waals surface area contributed by atoms with Crippen molar-refractivity contribution in [1.29, 1.82) is 0 Å². The molecule has 7 nitrogen and oxygen atoms in total. The second-order valence-electron chi connectivity index (χ2n) is 9.17. The number of amides is 2. The summed E-state index contributed by atoms with van der Waals surface area (Å²) in [5.74, 6) is -5.76. The van der Waals surface area contributed by atoms with Gasteiger partial charge in [-0.1, -0.05) is 23.7 Å². The van der Waals surface area contributed by atoms with Crippen LogP contribution in [-0.4, -0.2) is 76.9 Å². The number of likely N-dealkylation sites (tertiary alicyclic amines) is 1. The molecule has 180 valence electrons. The average Bonchev–Trinajstić information content (AvgIpc) is 3.22. The number of nitrogens with one attached hydrogen (secondary N) is 1. The van der Waals surface area contributed by atoms with Gasteiger partial charge >= 0.3 is 6.09 Å². The minimum atomic E-state index is -2.92. The van der Waals surface area contributed by atoms with E-state index in [2.05, 4.69) is 5.32 Å². The summed E-state index contributed by atoms with van der Waals surface area (Å²) in [7, 11) is 0. The van der Waals surface area contributed by atoms with E-state index in [1.54, 1.807) is 19.1 Å². The highest BCUT2D eigenvalue weighted by Gasteiger charge is 2.62. The Hall–Kier alpha value is -2.26. The van der Waals surface area contributed by atoms with Crippen molar-refractivity contribution in [3.8, 4) is 0 Å². The Morgan fingerprint density at radius 2 is 1.82 bits per heavy atom. The SMILES string of the molecule is CCN(C(=O)O)[C@]1(C(=O)C2CCN(C(=O)C3CC3(F)F)CC2)CNC[C@H]1c1ccc(Cl)cc1. The van der Waals surface area contributed by atoms with Gasteiger partial charge in [-0.2, -0.15) is 0 Å². The summed E-state index contributed by atoms with van der Waals surface area (Å²) in [6.45, 7) is 2.91. The van der Waals surface area contributed by atoms with Crippen molar-refractivity contribution in [1.82, 2.24) is 15.1 Å². The molecule has 10 heteroatoms. The predicted octanol–water partition coefficient (Wildman–Crippen LogP) is 3.23. The van der Waals surface area contributed by atoms with Crippen molar-refractivity contribution in [2.24, 2.45) is 11.8 Å². The van der Waals surface area contributed by atoms with Gasteiger partial charge in [-0.3, -0.25) is 14.5 Å². The number of alkyl halides is 2. The lowest BCUT2D eigenvalue weighted by Gasteiger charge is -2.44. The molecule has 3 atom stereocenters. The van der Waals surface area contributed by atoms with Gasteiger partial charge in [0.1, 0.15) is 11.5 Å². The van der Waals surface area contributed by atoms with Gasteiger partial charge < -0.3 is 15.3 Å². The minimum Gasteiger partial charge on any atom is -0.465 e. The molecule has 1 unspecified atom stereocenters. The van der Waals surface area contributed by atoms with Crippen LogP contribution in [0.4, 0.5) is 13.6 Å². The number of Topliss-reactive ketones (excluding diaryl/α,β-unsaturated/α-hetero) is 1. The molecule has 3 fully saturated rings. The number of halogens is 3. The second kappa shape index (κ2) is 8.83. The zero-order valence-electron chi connectivity index (χ0n) is 18.4. The summed E-state index contributed by atoms with van der Waals surface area (Å²) in [5.41, 5.74) is -0.476. The number of hydrogen-bond donors (Lipinski definition) is 2. The lowest BCUT2D eigenvalue weighted by Crippen LogP contribution is -2.63. The molecule has 1 aromatic carbocycles. The van der Waals surface area contributed by atoms with Crippen LogP contribution in [0.15, 0.2) is 24.3 Å².